The first-order chi connectivity index (χ1) is 7.22. The molecular weight excluding hydrogens is 196 g/mol. The lowest BCUT2D eigenvalue weighted by atomic mass is 10.0. The Balaban J connectivity index is 2.84. The molecule has 2 N–H and O–H groups in total. The minimum atomic E-state index is -0.466. The van der Waals surface area contributed by atoms with Gasteiger partial charge in [-0.05, 0) is 11.6 Å². The van der Waals surface area contributed by atoms with Crippen LogP contribution in [-0.2, 0) is 9.47 Å². The average Bonchev–Trinajstić information content (AvgIpc) is 2.27. The zero-order valence-electron chi connectivity index (χ0n) is 8.93. The van der Waals surface area contributed by atoms with Crippen molar-refractivity contribution in [2.24, 2.45) is 0 Å². The molecule has 0 saturated heterocycles. The van der Waals surface area contributed by atoms with Crippen molar-refractivity contribution in [2.45, 2.75) is 12.5 Å². The lowest BCUT2D eigenvalue weighted by molar-refractivity contribution is 0.108. The largest absolute Gasteiger partial charge is 0.506 e. The summed E-state index contributed by atoms with van der Waals surface area (Å²) in [7, 11) is 3.03. The molecule has 0 aromatic heterocycles. The molecule has 0 amide bonds. The molecule has 0 heterocycles. The Morgan fingerprint density at radius 1 is 1.53 bits per heavy atom. The van der Waals surface area contributed by atoms with Crippen molar-refractivity contribution in [3.05, 3.63) is 35.3 Å². The highest BCUT2D eigenvalue weighted by atomic mass is 16.5. The Labute approximate surface area is 89.1 Å². The van der Waals surface area contributed by atoms with Gasteiger partial charge in [0, 0.05) is 13.5 Å². The summed E-state index contributed by atoms with van der Waals surface area (Å²) in [6.45, 7) is -0.00694. The molecule has 0 aromatic carbocycles. The van der Waals surface area contributed by atoms with E-state index in [4.69, 9.17) is 14.6 Å². The third kappa shape index (κ3) is 2.84. The predicted molar refractivity (Wildman–Crippen MR) is 56.4 cm³/mol. The zero-order chi connectivity index (χ0) is 11.3. The number of rotatable bonds is 4. The van der Waals surface area contributed by atoms with E-state index in [1.165, 1.54) is 14.2 Å². The maximum atomic E-state index is 9.68. The van der Waals surface area contributed by atoms with Gasteiger partial charge in [-0.3, -0.25) is 0 Å². The van der Waals surface area contributed by atoms with Crippen molar-refractivity contribution < 1.29 is 19.7 Å². The second-order valence-electron chi connectivity index (χ2n) is 3.17. The van der Waals surface area contributed by atoms with E-state index >= 15 is 0 Å². The Morgan fingerprint density at radius 3 is 2.80 bits per heavy atom. The summed E-state index contributed by atoms with van der Waals surface area (Å²) in [6, 6.07) is 0. The molecule has 0 unspecified atom stereocenters. The number of aliphatic hydroxyl groups excluding tert-OH is 2. The highest BCUT2D eigenvalue weighted by Crippen LogP contribution is 2.25. The minimum absolute atomic E-state index is 0.00694. The van der Waals surface area contributed by atoms with Crippen LogP contribution in [0.4, 0.5) is 0 Å². The summed E-state index contributed by atoms with van der Waals surface area (Å²) in [6.07, 6.45) is 5.26. The van der Waals surface area contributed by atoms with E-state index in [9.17, 15) is 5.11 Å². The molecule has 0 fully saturated rings. The maximum Gasteiger partial charge on any atom is 0.163 e. The molecule has 1 atom stereocenters. The van der Waals surface area contributed by atoms with Crippen LogP contribution in [0, 0.1) is 0 Å². The van der Waals surface area contributed by atoms with Gasteiger partial charge in [-0.1, -0.05) is 12.2 Å². The first-order valence-corrected chi connectivity index (χ1v) is 4.69. The van der Waals surface area contributed by atoms with Crippen LogP contribution in [0.25, 0.3) is 0 Å². The molecule has 0 bridgehead atoms. The molecule has 4 nitrogen and oxygen atoms in total. The Hall–Kier alpha value is -1.26. The average molecular weight is 212 g/mol. The lowest BCUT2D eigenvalue weighted by Crippen LogP contribution is -2.18. The predicted octanol–water partition coefficient (Wildman–Crippen LogP) is 1.30. The molecular formula is C11H16O4. The fourth-order valence-corrected chi connectivity index (χ4v) is 1.44. The van der Waals surface area contributed by atoms with Gasteiger partial charge in [0.2, 0.25) is 0 Å². The standard InChI is InChI=1S/C11H16O4/c1-14-9-6-8(4-3-5-12)7-10(15-2)11(9)13/h3-4,6,9,12-13H,5,7H2,1-2H3/b4-3+/t9-/m1/s1. The highest BCUT2D eigenvalue weighted by Gasteiger charge is 2.22. The fourth-order valence-electron chi connectivity index (χ4n) is 1.44. The molecule has 1 aliphatic rings. The minimum Gasteiger partial charge on any atom is -0.506 e. The number of aliphatic hydroxyl groups is 2. The molecule has 15 heavy (non-hydrogen) atoms. The third-order valence-electron chi connectivity index (χ3n) is 2.22. The van der Waals surface area contributed by atoms with Crippen LogP contribution >= 0.6 is 0 Å². The van der Waals surface area contributed by atoms with Gasteiger partial charge in [-0.25, -0.2) is 0 Å². The Bertz CT molecular complexity index is 302. The first kappa shape index (κ1) is 11.8. The highest BCUT2D eigenvalue weighted by molar-refractivity contribution is 5.33. The van der Waals surface area contributed by atoms with Gasteiger partial charge < -0.3 is 19.7 Å². The van der Waals surface area contributed by atoms with Crippen molar-refractivity contribution in [1.29, 1.82) is 0 Å². The SMILES string of the molecule is COC1=C(O)[C@H](OC)C=C(/C=C/CO)C1. The van der Waals surface area contributed by atoms with E-state index in [-0.39, 0.29) is 12.4 Å². The Morgan fingerprint density at radius 2 is 2.27 bits per heavy atom. The van der Waals surface area contributed by atoms with Crippen LogP contribution < -0.4 is 0 Å². The number of ether oxygens (including phenoxy) is 2. The van der Waals surface area contributed by atoms with E-state index < -0.39 is 6.10 Å². The smallest absolute Gasteiger partial charge is 0.163 e. The molecule has 1 aliphatic carbocycles. The van der Waals surface area contributed by atoms with E-state index in [1.807, 2.05) is 0 Å². The first-order valence-electron chi connectivity index (χ1n) is 4.69. The topological polar surface area (TPSA) is 58.9 Å². The summed E-state index contributed by atoms with van der Waals surface area (Å²) in [5.74, 6) is 0.614. The van der Waals surface area contributed by atoms with Crippen LogP contribution in [0.3, 0.4) is 0 Å². The lowest BCUT2D eigenvalue weighted by Gasteiger charge is -2.21. The molecule has 0 aliphatic heterocycles. The zero-order valence-corrected chi connectivity index (χ0v) is 8.93. The van der Waals surface area contributed by atoms with Gasteiger partial charge in [0.1, 0.15) is 11.9 Å². The van der Waals surface area contributed by atoms with E-state index in [1.54, 1.807) is 18.2 Å². The van der Waals surface area contributed by atoms with E-state index in [0.29, 0.717) is 12.2 Å². The number of methoxy groups -OCH3 is 2. The number of hydrogen-bond acceptors (Lipinski definition) is 4. The molecule has 0 aromatic rings. The summed E-state index contributed by atoms with van der Waals surface area (Å²) in [5, 5.41) is 18.3. The van der Waals surface area contributed by atoms with Gasteiger partial charge in [0.15, 0.2) is 5.76 Å². The van der Waals surface area contributed by atoms with Gasteiger partial charge >= 0.3 is 0 Å². The second kappa shape index (κ2) is 5.58. The maximum absolute atomic E-state index is 9.68. The summed E-state index contributed by atoms with van der Waals surface area (Å²) in [4.78, 5) is 0. The van der Waals surface area contributed by atoms with Gasteiger partial charge in [-0.15, -0.1) is 0 Å². The van der Waals surface area contributed by atoms with Crippen molar-refractivity contribution in [3.8, 4) is 0 Å². The monoisotopic (exact) mass is 212 g/mol. The molecule has 4 heteroatoms. The van der Waals surface area contributed by atoms with Crippen molar-refractivity contribution >= 4 is 0 Å². The quantitative estimate of drug-likeness (QED) is 0.737. The number of hydrogen-bond donors (Lipinski definition) is 2. The van der Waals surface area contributed by atoms with Crippen molar-refractivity contribution in [3.63, 3.8) is 0 Å². The van der Waals surface area contributed by atoms with Gasteiger partial charge in [0.25, 0.3) is 0 Å². The second-order valence-corrected chi connectivity index (χ2v) is 3.17. The summed E-state index contributed by atoms with van der Waals surface area (Å²) in [5.41, 5.74) is 0.950. The molecule has 84 valence electrons. The molecule has 1 rings (SSSR count). The molecule has 0 radical (unpaired) electrons. The summed E-state index contributed by atoms with van der Waals surface area (Å²) >= 11 is 0. The number of allylic oxidation sites excluding steroid dienone is 2. The van der Waals surface area contributed by atoms with Gasteiger partial charge in [-0.2, -0.15) is 0 Å². The third-order valence-corrected chi connectivity index (χ3v) is 2.22. The Kier molecular flexibility index (Phi) is 4.39. The van der Waals surface area contributed by atoms with E-state index in [0.717, 1.165) is 5.57 Å². The van der Waals surface area contributed by atoms with E-state index in [2.05, 4.69) is 0 Å². The van der Waals surface area contributed by atoms with Crippen molar-refractivity contribution in [2.75, 3.05) is 20.8 Å². The van der Waals surface area contributed by atoms with Crippen LogP contribution in [0.5, 0.6) is 0 Å². The van der Waals surface area contributed by atoms with Crippen LogP contribution in [0.2, 0.25) is 0 Å². The van der Waals surface area contributed by atoms with Crippen LogP contribution in [-0.4, -0.2) is 37.1 Å². The van der Waals surface area contributed by atoms with Gasteiger partial charge in [0.05, 0.1) is 13.7 Å². The van der Waals surface area contributed by atoms with Crippen LogP contribution in [0.15, 0.2) is 35.3 Å². The molecule has 0 saturated carbocycles. The fraction of sp³-hybridized carbons (Fsp3) is 0.455. The molecule has 0 spiro atoms. The van der Waals surface area contributed by atoms with Crippen molar-refractivity contribution in [1.82, 2.24) is 0 Å². The normalized spacial score (nSPS) is 22.1. The summed E-state index contributed by atoms with van der Waals surface area (Å²) < 4.78 is 10.1. The van der Waals surface area contributed by atoms with Crippen LogP contribution in [0.1, 0.15) is 6.42 Å².